The Morgan fingerprint density at radius 3 is 2.06 bits per heavy atom. The first-order valence-corrected chi connectivity index (χ1v) is 12.7. The number of nitrogens with zero attached hydrogens (tertiary/aromatic N) is 1. The number of carbonyl (C=O) groups is 2. The van der Waals surface area contributed by atoms with Crippen LogP contribution in [0.4, 0.5) is 0 Å². The van der Waals surface area contributed by atoms with Gasteiger partial charge in [-0.3, -0.25) is 9.59 Å². The molecule has 4 atom stereocenters. The molecule has 2 bridgehead atoms. The summed E-state index contributed by atoms with van der Waals surface area (Å²) in [5.41, 5.74) is 0.958. The second kappa shape index (κ2) is 10.3. The molecule has 0 radical (unpaired) electrons. The minimum Gasteiger partial charge on any atom is -0.351 e. The van der Waals surface area contributed by atoms with Crippen molar-refractivity contribution in [2.45, 2.75) is 75.5 Å². The van der Waals surface area contributed by atoms with E-state index in [-0.39, 0.29) is 17.9 Å². The van der Waals surface area contributed by atoms with Crippen LogP contribution in [-0.2, 0) is 21.4 Å². The molecule has 2 heterocycles. The van der Waals surface area contributed by atoms with Crippen LogP contribution >= 0.6 is 23.2 Å². The van der Waals surface area contributed by atoms with Crippen LogP contribution in [0.15, 0.2) is 48.5 Å². The van der Waals surface area contributed by atoms with Gasteiger partial charge < -0.3 is 15.5 Å². The Bertz CT molecular complexity index is 1010. The molecule has 2 aliphatic heterocycles. The van der Waals surface area contributed by atoms with Crippen molar-refractivity contribution >= 4 is 35.0 Å². The lowest BCUT2D eigenvalue weighted by atomic mass is 9.83. The van der Waals surface area contributed by atoms with Gasteiger partial charge in [0, 0.05) is 34.6 Å². The van der Waals surface area contributed by atoms with Crippen LogP contribution in [0.2, 0.25) is 10.0 Å². The van der Waals surface area contributed by atoms with Crippen molar-refractivity contribution < 1.29 is 9.59 Å². The minimum absolute atomic E-state index is 0.134. The molecule has 0 spiro atoms. The van der Waals surface area contributed by atoms with Crippen molar-refractivity contribution in [1.82, 2.24) is 15.5 Å². The van der Waals surface area contributed by atoms with Gasteiger partial charge in [0.1, 0.15) is 6.04 Å². The first-order chi connectivity index (χ1) is 16.1. The fourth-order valence-corrected chi connectivity index (χ4v) is 5.48. The lowest BCUT2D eigenvalue weighted by Gasteiger charge is -2.37. The predicted octanol–water partition coefficient (Wildman–Crippen LogP) is 4.74. The van der Waals surface area contributed by atoms with Crippen LogP contribution in [0.3, 0.4) is 0 Å². The normalized spacial score (nSPS) is 23.4. The Morgan fingerprint density at radius 1 is 0.971 bits per heavy atom. The number of hydrogen-bond acceptors (Lipinski definition) is 3. The molecule has 182 valence electrons. The third kappa shape index (κ3) is 5.59. The average Bonchev–Trinajstić information content (AvgIpc) is 3.00. The first-order valence-electron chi connectivity index (χ1n) is 12.0. The van der Waals surface area contributed by atoms with Gasteiger partial charge in [-0.25, -0.2) is 0 Å². The van der Waals surface area contributed by atoms with Crippen molar-refractivity contribution in [2.75, 3.05) is 7.05 Å². The molecule has 1 unspecified atom stereocenters. The number of benzene rings is 2. The summed E-state index contributed by atoms with van der Waals surface area (Å²) in [5.74, 6) is -0.337. The van der Waals surface area contributed by atoms with Crippen molar-refractivity contribution in [3.05, 3.63) is 69.7 Å². The van der Waals surface area contributed by atoms with Crippen molar-refractivity contribution in [3.8, 4) is 0 Å². The highest BCUT2D eigenvalue weighted by Crippen LogP contribution is 2.34. The molecule has 2 aromatic carbocycles. The fraction of sp³-hybridized carbons (Fsp3) is 0.481. The van der Waals surface area contributed by atoms with Gasteiger partial charge in [0.2, 0.25) is 11.8 Å². The second-order valence-corrected chi connectivity index (χ2v) is 11.1. The number of fused-ring (bicyclic) bond motifs is 2. The fourth-order valence-electron chi connectivity index (χ4n) is 5.23. The van der Waals surface area contributed by atoms with E-state index in [4.69, 9.17) is 23.2 Å². The number of nitrogens with one attached hydrogen (secondary N) is 2. The lowest BCUT2D eigenvalue weighted by Crippen LogP contribution is -2.56. The summed E-state index contributed by atoms with van der Waals surface area (Å²) in [4.78, 5) is 29.3. The standard InChI is InChI=1S/C27H33Cl2N3O2/c1-27(2,18-6-10-20(29)11-7-18)26(34)31-24(14-17-4-8-19(28)9-5-17)25(33)30-21-15-22-12-13-23(16-21)32(22)3/h4-11,21-24H,12-16H2,1-3H3,(H,30,33)(H,31,34)/t21?,22-,23+,24-/m1/s1. The summed E-state index contributed by atoms with van der Waals surface area (Å²) in [6.07, 6.45) is 4.68. The van der Waals surface area contributed by atoms with Crippen LogP contribution in [0.25, 0.3) is 0 Å². The van der Waals surface area contributed by atoms with Crippen molar-refractivity contribution in [3.63, 3.8) is 0 Å². The smallest absolute Gasteiger partial charge is 0.243 e. The maximum atomic E-state index is 13.5. The molecule has 2 aliphatic rings. The Labute approximate surface area is 212 Å². The van der Waals surface area contributed by atoms with Gasteiger partial charge in [0.05, 0.1) is 5.41 Å². The van der Waals surface area contributed by atoms with Gasteiger partial charge >= 0.3 is 0 Å². The largest absolute Gasteiger partial charge is 0.351 e. The van der Waals surface area contributed by atoms with Crippen LogP contribution in [0, 0.1) is 0 Å². The van der Waals surface area contributed by atoms with Gasteiger partial charge in [-0.1, -0.05) is 47.5 Å². The number of rotatable bonds is 7. The lowest BCUT2D eigenvalue weighted by molar-refractivity contribution is -0.132. The van der Waals surface area contributed by atoms with E-state index in [2.05, 4.69) is 22.6 Å². The van der Waals surface area contributed by atoms with Crippen LogP contribution in [-0.4, -0.2) is 47.9 Å². The van der Waals surface area contributed by atoms with E-state index < -0.39 is 11.5 Å². The van der Waals surface area contributed by atoms with Gasteiger partial charge in [-0.2, -0.15) is 0 Å². The van der Waals surface area contributed by atoms with Gasteiger partial charge in [-0.05, 0) is 82.0 Å². The molecular formula is C27H33Cl2N3O2. The highest BCUT2D eigenvalue weighted by Gasteiger charge is 2.40. The average molecular weight is 502 g/mol. The van der Waals surface area contributed by atoms with E-state index in [0.717, 1.165) is 24.0 Å². The van der Waals surface area contributed by atoms with E-state index in [1.165, 1.54) is 12.8 Å². The summed E-state index contributed by atoms with van der Waals surface area (Å²) in [6.45, 7) is 3.72. The summed E-state index contributed by atoms with van der Waals surface area (Å²) in [7, 11) is 2.18. The van der Waals surface area contributed by atoms with Gasteiger partial charge in [0.25, 0.3) is 0 Å². The summed E-state index contributed by atoms with van der Waals surface area (Å²) < 4.78 is 0. The molecule has 7 heteroatoms. The number of piperidine rings is 1. The topological polar surface area (TPSA) is 61.4 Å². The summed E-state index contributed by atoms with van der Waals surface area (Å²) >= 11 is 12.1. The first kappa shape index (κ1) is 25.0. The van der Waals surface area contributed by atoms with E-state index in [0.29, 0.717) is 28.5 Å². The molecule has 2 amide bonds. The maximum Gasteiger partial charge on any atom is 0.243 e. The summed E-state index contributed by atoms with van der Waals surface area (Å²) in [6, 6.07) is 15.2. The SMILES string of the molecule is CN1[C@@H]2CC[C@H]1CC(NC(=O)[C@@H](Cc1ccc(Cl)cc1)NC(=O)C(C)(C)c1ccc(Cl)cc1)C2. The number of halogens is 2. The van der Waals surface area contributed by atoms with E-state index >= 15 is 0 Å². The van der Waals surface area contributed by atoms with Gasteiger partial charge in [-0.15, -0.1) is 0 Å². The Balaban J connectivity index is 1.50. The molecule has 4 rings (SSSR count). The second-order valence-electron chi connectivity index (χ2n) is 10.2. The quantitative estimate of drug-likeness (QED) is 0.575. The minimum atomic E-state index is -0.824. The molecule has 0 saturated carbocycles. The Hall–Kier alpha value is -2.08. The molecular weight excluding hydrogens is 469 g/mol. The third-order valence-corrected chi connectivity index (χ3v) is 8.06. The predicted molar refractivity (Wildman–Crippen MR) is 137 cm³/mol. The van der Waals surface area contributed by atoms with E-state index in [9.17, 15) is 9.59 Å². The van der Waals surface area contributed by atoms with Crippen molar-refractivity contribution in [2.24, 2.45) is 0 Å². The van der Waals surface area contributed by atoms with E-state index in [1.54, 1.807) is 24.3 Å². The molecule has 2 aromatic rings. The van der Waals surface area contributed by atoms with Crippen LogP contribution in [0.1, 0.15) is 50.7 Å². The van der Waals surface area contributed by atoms with Crippen LogP contribution < -0.4 is 10.6 Å². The molecule has 0 aliphatic carbocycles. The summed E-state index contributed by atoms with van der Waals surface area (Å²) in [5, 5.41) is 7.55. The molecule has 0 aromatic heterocycles. The Morgan fingerprint density at radius 2 is 1.50 bits per heavy atom. The maximum absolute atomic E-state index is 13.5. The number of hydrogen-bond donors (Lipinski definition) is 2. The molecule has 2 saturated heterocycles. The van der Waals surface area contributed by atoms with Gasteiger partial charge in [0.15, 0.2) is 0 Å². The Kier molecular flexibility index (Phi) is 7.56. The molecule has 2 N–H and O–H groups in total. The van der Waals surface area contributed by atoms with Crippen molar-refractivity contribution in [1.29, 1.82) is 0 Å². The monoisotopic (exact) mass is 501 g/mol. The highest BCUT2D eigenvalue weighted by molar-refractivity contribution is 6.30. The zero-order chi connectivity index (χ0) is 24.5. The van der Waals surface area contributed by atoms with E-state index in [1.807, 2.05) is 38.1 Å². The zero-order valence-corrected chi connectivity index (χ0v) is 21.5. The molecule has 5 nitrogen and oxygen atoms in total. The van der Waals surface area contributed by atoms with Crippen LogP contribution in [0.5, 0.6) is 0 Å². The third-order valence-electron chi connectivity index (χ3n) is 7.55. The number of amides is 2. The number of carbonyl (C=O) groups excluding carboxylic acids is 2. The highest BCUT2D eigenvalue weighted by atomic mass is 35.5. The molecule has 34 heavy (non-hydrogen) atoms. The zero-order valence-electron chi connectivity index (χ0n) is 20.0. The molecule has 2 fully saturated rings.